The number of hydrogen-bond acceptors (Lipinski definition) is 6. The van der Waals surface area contributed by atoms with Gasteiger partial charge in [0.05, 0.1) is 14.2 Å². The molecular weight excluding hydrogens is 252 g/mol. The van der Waals surface area contributed by atoms with E-state index >= 15 is 0 Å². The van der Waals surface area contributed by atoms with Crippen LogP contribution in [0.2, 0.25) is 5.15 Å². The summed E-state index contributed by atoms with van der Waals surface area (Å²) in [5, 5.41) is 4.52. The SMILES string of the molecule is COC(=O)Nc1cc(Cl)nc(NC(=O)OC)n1. The number of ether oxygens (including phenoxy) is 2. The Morgan fingerprint density at radius 1 is 1.18 bits per heavy atom. The molecule has 0 saturated heterocycles. The van der Waals surface area contributed by atoms with E-state index in [0.29, 0.717) is 0 Å². The van der Waals surface area contributed by atoms with Crippen LogP contribution in [0.4, 0.5) is 21.4 Å². The maximum Gasteiger partial charge on any atom is 0.413 e. The Morgan fingerprint density at radius 3 is 2.35 bits per heavy atom. The summed E-state index contributed by atoms with van der Waals surface area (Å²) in [6, 6.07) is 1.29. The predicted molar refractivity (Wildman–Crippen MR) is 59.1 cm³/mol. The molecule has 17 heavy (non-hydrogen) atoms. The maximum atomic E-state index is 10.9. The normalized spacial score (nSPS) is 9.35. The van der Waals surface area contributed by atoms with Crippen molar-refractivity contribution in [3.8, 4) is 0 Å². The molecule has 0 aromatic carbocycles. The van der Waals surface area contributed by atoms with Crippen LogP contribution >= 0.6 is 11.6 Å². The van der Waals surface area contributed by atoms with Crippen LogP contribution in [-0.4, -0.2) is 36.4 Å². The molecule has 9 heteroatoms. The number of nitrogens with one attached hydrogen (secondary N) is 2. The maximum absolute atomic E-state index is 10.9. The average molecular weight is 261 g/mol. The monoisotopic (exact) mass is 260 g/mol. The van der Waals surface area contributed by atoms with Gasteiger partial charge in [0.1, 0.15) is 11.0 Å². The van der Waals surface area contributed by atoms with E-state index in [4.69, 9.17) is 11.6 Å². The molecule has 0 fully saturated rings. The van der Waals surface area contributed by atoms with E-state index in [1.807, 2.05) is 0 Å². The number of halogens is 1. The highest BCUT2D eigenvalue weighted by atomic mass is 35.5. The molecule has 1 rings (SSSR count). The summed E-state index contributed by atoms with van der Waals surface area (Å²) >= 11 is 5.67. The quantitative estimate of drug-likeness (QED) is 0.781. The molecule has 0 spiro atoms. The number of anilines is 2. The van der Waals surface area contributed by atoms with Crippen LogP contribution < -0.4 is 10.6 Å². The van der Waals surface area contributed by atoms with Gasteiger partial charge in [-0.1, -0.05) is 11.6 Å². The summed E-state index contributed by atoms with van der Waals surface area (Å²) in [5.41, 5.74) is 0. The molecule has 0 bridgehead atoms. The molecule has 0 saturated carbocycles. The molecule has 1 aromatic rings. The molecule has 8 nitrogen and oxygen atoms in total. The minimum atomic E-state index is -0.753. The standard InChI is InChI=1S/C8H9ClN4O4/c1-16-7(14)12-5-3-4(9)10-6(11-5)13-8(15)17-2/h3H,1-2H3,(H2,10,11,12,13,14,15). The van der Waals surface area contributed by atoms with Crippen LogP contribution in [0.25, 0.3) is 0 Å². The average Bonchev–Trinajstić information content (AvgIpc) is 2.27. The zero-order chi connectivity index (χ0) is 12.8. The highest BCUT2D eigenvalue weighted by Gasteiger charge is 2.09. The Bertz CT molecular complexity index is 403. The van der Waals surface area contributed by atoms with Crippen LogP contribution in [0.1, 0.15) is 0 Å². The first-order valence-electron chi connectivity index (χ1n) is 4.29. The van der Waals surface area contributed by atoms with Crippen LogP contribution in [-0.2, 0) is 9.47 Å². The highest BCUT2D eigenvalue weighted by molar-refractivity contribution is 6.29. The Labute approximate surface area is 101 Å². The van der Waals surface area contributed by atoms with Gasteiger partial charge in [0.2, 0.25) is 5.95 Å². The number of aromatic nitrogens is 2. The van der Waals surface area contributed by atoms with Crippen molar-refractivity contribution in [2.24, 2.45) is 0 Å². The van der Waals surface area contributed by atoms with Gasteiger partial charge in [-0.15, -0.1) is 0 Å². The second-order valence-electron chi connectivity index (χ2n) is 2.63. The molecule has 1 heterocycles. The lowest BCUT2D eigenvalue weighted by atomic mass is 10.6. The van der Waals surface area contributed by atoms with Gasteiger partial charge in [-0.2, -0.15) is 4.98 Å². The van der Waals surface area contributed by atoms with E-state index < -0.39 is 12.2 Å². The van der Waals surface area contributed by atoms with Crippen molar-refractivity contribution in [3.63, 3.8) is 0 Å². The lowest BCUT2D eigenvalue weighted by molar-refractivity contribution is 0.186. The van der Waals surface area contributed by atoms with Crippen molar-refractivity contribution in [1.82, 2.24) is 9.97 Å². The summed E-state index contributed by atoms with van der Waals surface area (Å²) in [4.78, 5) is 29.3. The van der Waals surface area contributed by atoms with Gasteiger partial charge in [0.15, 0.2) is 0 Å². The molecule has 1 aromatic heterocycles. The van der Waals surface area contributed by atoms with Crippen molar-refractivity contribution >= 4 is 35.6 Å². The molecule has 0 atom stereocenters. The summed E-state index contributed by atoms with van der Waals surface area (Å²) in [7, 11) is 2.39. The zero-order valence-electron chi connectivity index (χ0n) is 8.98. The van der Waals surface area contributed by atoms with Gasteiger partial charge in [0, 0.05) is 6.07 Å². The van der Waals surface area contributed by atoms with Gasteiger partial charge >= 0.3 is 12.2 Å². The second kappa shape index (κ2) is 5.85. The molecule has 0 aliphatic heterocycles. The Kier molecular flexibility index (Phi) is 4.46. The fourth-order valence-electron chi connectivity index (χ4n) is 0.835. The number of hydrogen-bond donors (Lipinski definition) is 2. The predicted octanol–water partition coefficient (Wildman–Crippen LogP) is 1.49. The molecule has 0 aliphatic rings. The van der Waals surface area contributed by atoms with Crippen molar-refractivity contribution in [2.45, 2.75) is 0 Å². The van der Waals surface area contributed by atoms with Gasteiger partial charge in [-0.25, -0.2) is 14.6 Å². The largest absolute Gasteiger partial charge is 0.453 e. The number of carbonyl (C=O) groups is 2. The molecule has 2 amide bonds. The van der Waals surface area contributed by atoms with E-state index in [9.17, 15) is 9.59 Å². The zero-order valence-corrected chi connectivity index (χ0v) is 9.74. The van der Waals surface area contributed by atoms with Gasteiger partial charge in [-0.3, -0.25) is 10.6 Å². The number of nitrogens with zero attached hydrogens (tertiary/aromatic N) is 2. The summed E-state index contributed by atoms with van der Waals surface area (Å²) < 4.78 is 8.72. The third-order valence-corrected chi connectivity index (χ3v) is 1.70. The Morgan fingerprint density at radius 2 is 1.76 bits per heavy atom. The van der Waals surface area contributed by atoms with Crippen molar-refractivity contribution < 1.29 is 19.1 Å². The summed E-state index contributed by atoms with van der Waals surface area (Å²) in [5.74, 6) is -0.0148. The lowest BCUT2D eigenvalue weighted by Gasteiger charge is -2.06. The second-order valence-corrected chi connectivity index (χ2v) is 3.02. The van der Waals surface area contributed by atoms with E-state index in [0.717, 1.165) is 0 Å². The fourth-order valence-corrected chi connectivity index (χ4v) is 1.02. The van der Waals surface area contributed by atoms with Gasteiger partial charge in [0.25, 0.3) is 0 Å². The molecule has 2 N–H and O–H groups in total. The smallest absolute Gasteiger partial charge is 0.413 e. The van der Waals surface area contributed by atoms with Crippen molar-refractivity contribution in [1.29, 1.82) is 0 Å². The van der Waals surface area contributed by atoms with Crippen LogP contribution in [0.15, 0.2) is 6.07 Å². The third-order valence-electron chi connectivity index (χ3n) is 1.51. The number of rotatable bonds is 2. The lowest BCUT2D eigenvalue weighted by Crippen LogP contribution is -2.16. The van der Waals surface area contributed by atoms with Crippen LogP contribution in [0.3, 0.4) is 0 Å². The van der Waals surface area contributed by atoms with Gasteiger partial charge in [-0.05, 0) is 0 Å². The molecule has 0 unspecified atom stereocenters. The van der Waals surface area contributed by atoms with E-state index in [-0.39, 0.29) is 16.9 Å². The topological polar surface area (TPSA) is 102 Å². The molecule has 92 valence electrons. The fraction of sp³-hybridized carbons (Fsp3) is 0.250. The molecular formula is C8H9ClN4O4. The third kappa shape index (κ3) is 4.11. The molecule has 0 aliphatic carbocycles. The van der Waals surface area contributed by atoms with Crippen LogP contribution in [0, 0.1) is 0 Å². The first-order chi connectivity index (χ1) is 8.05. The van der Waals surface area contributed by atoms with E-state index in [1.165, 1.54) is 20.3 Å². The Hall–Kier alpha value is -2.09. The summed E-state index contributed by atoms with van der Waals surface area (Å²) in [6.45, 7) is 0. The van der Waals surface area contributed by atoms with Gasteiger partial charge < -0.3 is 9.47 Å². The Balaban J connectivity index is 2.86. The minimum absolute atomic E-state index is 0.0396. The summed E-state index contributed by atoms with van der Waals surface area (Å²) in [6.07, 6.45) is -1.47. The minimum Gasteiger partial charge on any atom is -0.453 e. The number of carbonyl (C=O) groups excluding carboxylic acids is 2. The molecule has 0 radical (unpaired) electrons. The van der Waals surface area contributed by atoms with E-state index in [2.05, 4.69) is 30.1 Å². The van der Waals surface area contributed by atoms with Crippen molar-refractivity contribution in [3.05, 3.63) is 11.2 Å². The first kappa shape index (κ1) is 13.0. The highest BCUT2D eigenvalue weighted by Crippen LogP contribution is 2.14. The van der Waals surface area contributed by atoms with Crippen molar-refractivity contribution in [2.75, 3.05) is 24.9 Å². The van der Waals surface area contributed by atoms with E-state index in [1.54, 1.807) is 0 Å². The first-order valence-corrected chi connectivity index (χ1v) is 4.67. The van der Waals surface area contributed by atoms with Crippen LogP contribution in [0.5, 0.6) is 0 Å². The number of amides is 2. The number of methoxy groups -OCH3 is 2.